The Kier molecular flexibility index (Phi) is 3.38. The highest BCUT2D eigenvalue weighted by molar-refractivity contribution is 6.09. The smallest absolute Gasteiger partial charge is 0.253 e. The lowest BCUT2D eigenvalue weighted by atomic mass is 10.1. The third kappa shape index (κ3) is 2.50. The van der Waals surface area contributed by atoms with Gasteiger partial charge in [0.2, 0.25) is 5.91 Å². The molecule has 0 unspecified atom stereocenters. The predicted octanol–water partition coefficient (Wildman–Crippen LogP) is 2.58. The zero-order chi connectivity index (χ0) is 14.2. The lowest BCUT2D eigenvalue weighted by Gasteiger charge is -2.06. The largest absolute Gasteiger partial charge is 0.350 e. The van der Waals surface area contributed by atoms with Gasteiger partial charge < -0.3 is 5.32 Å². The van der Waals surface area contributed by atoms with Crippen LogP contribution in [0.2, 0.25) is 0 Å². The summed E-state index contributed by atoms with van der Waals surface area (Å²) in [6.45, 7) is 5.07. The van der Waals surface area contributed by atoms with Gasteiger partial charge >= 0.3 is 0 Å². The molecule has 4 nitrogen and oxygen atoms in total. The van der Waals surface area contributed by atoms with Gasteiger partial charge in [-0.1, -0.05) is 0 Å². The molecule has 1 amide bonds. The number of fused-ring (bicyclic) bond motifs is 1. The molecule has 1 heterocycles. The predicted molar refractivity (Wildman–Crippen MR) is 70.8 cm³/mol. The molecule has 1 N–H and O–H groups in total. The molecule has 5 heteroatoms. The summed E-state index contributed by atoms with van der Waals surface area (Å²) < 4.78 is 14.6. The molecule has 0 aliphatic rings. The van der Waals surface area contributed by atoms with Crippen molar-refractivity contribution in [2.24, 2.45) is 0 Å². The maximum atomic E-state index is 13.3. The van der Waals surface area contributed by atoms with Gasteiger partial charge in [-0.25, -0.2) is 4.39 Å². The lowest BCUT2D eigenvalue weighted by Crippen LogP contribution is -2.29. The SMILES string of the molecule is CC(=O)n1cc(C(=O)NC(C)C)c2ccc(F)cc21. The van der Waals surface area contributed by atoms with Crippen molar-refractivity contribution >= 4 is 22.7 Å². The van der Waals surface area contributed by atoms with Crippen LogP contribution < -0.4 is 5.32 Å². The van der Waals surface area contributed by atoms with Crippen LogP contribution in [0.4, 0.5) is 4.39 Å². The zero-order valence-electron chi connectivity index (χ0n) is 11.0. The first-order chi connectivity index (χ1) is 8.90. The average molecular weight is 262 g/mol. The minimum absolute atomic E-state index is 0.0105. The van der Waals surface area contributed by atoms with Crippen molar-refractivity contribution in [2.75, 3.05) is 0 Å². The molecular weight excluding hydrogens is 247 g/mol. The van der Waals surface area contributed by atoms with Gasteiger partial charge in [-0.2, -0.15) is 0 Å². The van der Waals surface area contributed by atoms with E-state index in [2.05, 4.69) is 5.32 Å². The lowest BCUT2D eigenvalue weighted by molar-refractivity contribution is 0.0941. The van der Waals surface area contributed by atoms with Crippen LogP contribution in [0.5, 0.6) is 0 Å². The molecule has 0 radical (unpaired) electrons. The molecular formula is C14H15FN2O2. The van der Waals surface area contributed by atoms with Gasteiger partial charge in [0.15, 0.2) is 0 Å². The number of carbonyl (C=O) groups excluding carboxylic acids is 2. The fourth-order valence-electron chi connectivity index (χ4n) is 1.98. The van der Waals surface area contributed by atoms with Crippen molar-refractivity contribution in [3.05, 3.63) is 35.8 Å². The highest BCUT2D eigenvalue weighted by Crippen LogP contribution is 2.22. The Morgan fingerprint density at radius 2 is 2.00 bits per heavy atom. The fourth-order valence-corrected chi connectivity index (χ4v) is 1.98. The fraction of sp³-hybridized carbons (Fsp3) is 0.286. The van der Waals surface area contributed by atoms with Gasteiger partial charge in [0.25, 0.3) is 5.91 Å². The van der Waals surface area contributed by atoms with E-state index in [1.54, 1.807) is 0 Å². The number of amides is 1. The Bertz CT molecular complexity index is 659. The molecule has 19 heavy (non-hydrogen) atoms. The van der Waals surface area contributed by atoms with Crippen LogP contribution in [0.15, 0.2) is 24.4 Å². The Morgan fingerprint density at radius 3 is 2.58 bits per heavy atom. The molecule has 1 aromatic carbocycles. The second-order valence-electron chi connectivity index (χ2n) is 4.72. The highest BCUT2D eigenvalue weighted by Gasteiger charge is 2.17. The van der Waals surface area contributed by atoms with Crippen LogP contribution in [0, 0.1) is 5.82 Å². The third-order valence-corrected chi connectivity index (χ3v) is 2.77. The van der Waals surface area contributed by atoms with E-state index in [9.17, 15) is 14.0 Å². The van der Waals surface area contributed by atoms with E-state index in [0.29, 0.717) is 16.5 Å². The molecule has 0 spiro atoms. The number of rotatable bonds is 2. The number of hydrogen-bond donors (Lipinski definition) is 1. The van der Waals surface area contributed by atoms with Crippen molar-refractivity contribution in [3.8, 4) is 0 Å². The minimum atomic E-state index is -0.441. The first kappa shape index (κ1) is 13.3. The summed E-state index contributed by atoms with van der Waals surface area (Å²) in [5.41, 5.74) is 0.778. The van der Waals surface area contributed by atoms with Gasteiger partial charge in [-0.05, 0) is 32.0 Å². The number of nitrogens with zero attached hydrogens (tertiary/aromatic N) is 1. The molecule has 1 aromatic heterocycles. The number of benzene rings is 1. The Labute approximate surface area is 110 Å². The topological polar surface area (TPSA) is 51.1 Å². The van der Waals surface area contributed by atoms with Gasteiger partial charge in [0.1, 0.15) is 5.82 Å². The number of carbonyl (C=O) groups is 2. The van der Waals surface area contributed by atoms with Crippen molar-refractivity contribution in [3.63, 3.8) is 0 Å². The van der Waals surface area contributed by atoms with E-state index < -0.39 is 5.82 Å². The van der Waals surface area contributed by atoms with E-state index in [4.69, 9.17) is 0 Å². The molecule has 0 saturated carbocycles. The number of halogens is 1. The second kappa shape index (κ2) is 4.84. The Hall–Kier alpha value is -2.17. The van der Waals surface area contributed by atoms with Gasteiger partial charge in [0.05, 0.1) is 11.1 Å². The van der Waals surface area contributed by atoms with Gasteiger partial charge in [0, 0.05) is 24.5 Å². The molecule has 0 aliphatic carbocycles. The van der Waals surface area contributed by atoms with Crippen LogP contribution in [0.1, 0.15) is 35.9 Å². The van der Waals surface area contributed by atoms with E-state index >= 15 is 0 Å². The minimum Gasteiger partial charge on any atom is -0.350 e. The number of aromatic nitrogens is 1. The Morgan fingerprint density at radius 1 is 1.32 bits per heavy atom. The molecule has 0 bridgehead atoms. The molecule has 0 fully saturated rings. The molecule has 100 valence electrons. The first-order valence-corrected chi connectivity index (χ1v) is 6.02. The van der Waals surface area contributed by atoms with Crippen molar-refractivity contribution in [1.82, 2.24) is 9.88 Å². The molecule has 0 saturated heterocycles. The summed E-state index contributed by atoms with van der Waals surface area (Å²) in [5, 5.41) is 3.33. The summed E-state index contributed by atoms with van der Waals surface area (Å²) in [6, 6.07) is 4.03. The number of hydrogen-bond acceptors (Lipinski definition) is 2. The summed E-state index contributed by atoms with van der Waals surface area (Å²) in [7, 11) is 0. The standard InChI is InChI=1S/C14H15FN2O2/c1-8(2)16-14(19)12-7-17(9(3)18)13-6-10(15)4-5-11(12)13/h4-8H,1-3H3,(H,16,19). The van der Waals surface area contributed by atoms with Gasteiger partial charge in [-0.3, -0.25) is 14.2 Å². The van der Waals surface area contributed by atoms with Crippen molar-refractivity contribution in [1.29, 1.82) is 0 Å². The van der Waals surface area contributed by atoms with E-state index in [1.807, 2.05) is 13.8 Å². The van der Waals surface area contributed by atoms with Gasteiger partial charge in [-0.15, -0.1) is 0 Å². The summed E-state index contributed by atoms with van der Waals surface area (Å²) >= 11 is 0. The van der Waals surface area contributed by atoms with Crippen LogP contribution in [0.3, 0.4) is 0 Å². The quantitative estimate of drug-likeness (QED) is 0.904. The third-order valence-electron chi connectivity index (χ3n) is 2.77. The van der Waals surface area contributed by atoms with Crippen LogP contribution in [0.25, 0.3) is 10.9 Å². The highest BCUT2D eigenvalue weighted by atomic mass is 19.1. The van der Waals surface area contributed by atoms with E-state index in [-0.39, 0.29) is 17.9 Å². The maximum absolute atomic E-state index is 13.3. The molecule has 0 atom stereocenters. The van der Waals surface area contributed by atoms with E-state index in [1.165, 1.54) is 35.9 Å². The van der Waals surface area contributed by atoms with Crippen LogP contribution in [-0.4, -0.2) is 22.4 Å². The zero-order valence-corrected chi connectivity index (χ0v) is 11.0. The number of nitrogens with one attached hydrogen (secondary N) is 1. The summed E-state index contributed by atoms with van der Waals surface area (Å²) in [6.07, 6.45) is 1.45. The second-order valence-corrected chi connectivity index (χ2v) is 4.72. The first-order valence-electron chi connectivity index (χ1n) is 6.02. The summed E-state index contributed by atoms with van der Waals surface area (Å²) in [4.78, 5) is 23.6. The van der Waals surface area contributed by atoms with Crippen LogP contribution in [-0.2, 0) is 0 Å². The summed E-state index contributed by atoms with van der Waals surface area (Å²) in [5.74, 6) is -0.977. The normalized spacial score (nSPS) is 11.0. The molecule has 2 rings (SSSR count). The van der Waals surface area contributed by atoms with Crippen molar-refractivity contribution < 1.29 is 14.0 Å². The molecule has 0 aliphatic heterocycles. The maximum Gasteiger partial charge on any atom is 0.253 e. The average Bonchev–Trinajstić information content (AvgIpc) is 2.66. The monoisotopic (exact) mass is 262 g/mol. The van der Waals surface area contributed by atoms with E-state index in [0.717, 1.165) is 0 Å². The Balaban J connectivity index is 2.62. The van der Waals surface area contributed by atoms with Crippen molar-refractivity contribution in [2.45, 2.75) is 26.8 Å². The molecule has 2 aromatic rings. The van der Waals surface area contributed by atoms with Crippen LogP contribution >= 0.6 is 0 Å².